The van der Waals surface area contributed by atoms with Crippen molar-refractivity contribution in [1.82, 2.24) is 19.9 Å². The molecule has 6 heteroatoms. The van der Waals surface area contributed by atoms with Crippen molar-refractivity contribution < 1.29 is 4.42 Å². The van der Waals surface area contributed by atoms with Crippen molar-refractivity contribution in [3.8, 4) is 28.9 Å². The first-order valence-corrected chi connectivity index (χ1v) is 7.03. The Morgan fingerprint density at radius 2 is 2.09 bits per heavy atom. The van der Waals surface area contributed by atoms with Gasteiger partial charge in [-0.1, -0.05) is 12.1 Å². The lowest BCUT2D eigenvalue weighted by Gasteiger charge is -2.05. The number of benzene rings is 1. The summed E-state index contributed by atoms with van der Waals surface area (Å²) in [5.41, 5.74) is 3.37. The van der Waals surface area contributed by atoms with Crippen LogP contribution in [0.2, 0.25) is 0 Å². The fraction of sp³-hybridized carbons (Fsp3) is 0.0588. The Morgan fingerprint density at radius 3 is 2.87 bits per heavy atom. The molecule has 0 amide bonds. The fourth-order valence-corrected chi connectivity index (χ4v) is 2.44. The van der Waals surface area contributed by atoms with E-state index in [9.17, 15) is 0 Å². The number of nitriles is 1. The van der Waals surface area contributed by atoms with Crippen LogP contribution in [0.25, 0.3) is 34.0 Å². The van der Waals surface area contributed by atoms with Crippen LogP contribution in [0.1, 0.15) is 11.3 Å². The molecular weight excluding hydrogens is 290 g/mol. The average molecular weight is 301 g/mol. The molecular formula is C17H11N5O. The lowest BCUT2D eigenvalue weighted by Crippen LogP contribution is -1.94. The molecule has 3 heterocycles. The van der Waals surface area contributed by atoms with Crippen LogP contribution in [-0.2, 0) is 0 Å². The number of H-pyrrole nitrogens is 1. The quantitative estimate of drug-likeness (QED) is 0.612. The van der Waals surface area contributed by atoms with Crippen LogP contribution in [0.5, 0.6) is 0 Å². The van der Waals surface area contributed by atoms with Gasteiger partial charge in [0.15, 0.2) is 17.2 Å². The molecule has 0 atom stereocenters. The van der Waals surface area contributed by atoms with Gasteiger partial charge in [0.1, 0.15) is 17.0 Å². The number of furan rings is 1. The Morgan fingerprint density at radius 1 is 1.17 bits per heavy atom. The fourth-order valence-electron chi connectivity index (χ4n) is 2.44. The van der Waals surface area contributed by atoms with E-state index in [0.29, 0.717) is 28.5 Å². The van der Waals surface area contributed by atoms with E-state index in [1.165, 1.54) is 0 Å². The molecule has 4 rings (SSSR count). The number of imidazole rings is 1. The summed E-state index contributed by atoms with van der Waals surface area (Å²) in [6.07, 6.45) is 1.58. The van der Waals surface area contributed by atoms with Gasteiger partial charge >= 0.3 is 0 Å². The zero-order chi connectivity index (χ0) is 15.8. The molecule has 0 bridgehead atoms. The molecule has 0 aliphatic heterocycles. The number of rotatable bonds is 2. The first-order valence-electron chi connectivity index (χ1n) is 7.03. The number of aromatic amines is 1. The zero-order valence-corrected chi connectivity index (χ0v) is 12.2. The molecule has 0 aliphatic rings. The molecule has 110 valence electrons. The number of nitrogens with zero attached hydrogens (tertiary/aromatic N) is 4. The first kappa shape index (κ1) is 13.2. The van der Waals surface area contributed by atoms with Crippen LogP contribution >= 0.6 is 0 Å². The Bertz CT molecular complexity index is 1050. The van der Waals surface area contributed by atoms with Crippen LogP contribution in [0, 0.1) is 18.3 Å². The zero-order valence-electron chi connectivity index (χ0n) is 12.2. The van der Waals surface area contributed by atoms with E-state index >= 15 is 0 Å². The number of fused-ring (bicyclic) bond motifs is 1. The predicted molar refractivity (Wildman–Crippen MR) is 84.3 cm³/mol. The molecule has 0 spiro atoms. The van der Waals surface area contributed by atoms with Gasteiger partial charge in [-0.2, -0.15) is 5.26 Å². The normalized spacial score (nSPS) is 10.8. The van der Waals surface area contributed by atoms with E-state index in [-0.39, 0.29) is 0 Å². The van der Waals surface area contributed by atoms with Crippen LogP contribution < -0.4 is 0 Å². The molecule has 1 N–H and O–H groups in total. The number of nitrogens with one attached hydrogen (secondary N) is 1. The summed E-state index contributed by atoms with van der Waals surface area (Å²) in [6, 6.07) is 13.1. The summed E-state index contributed by atoms with van der Waals surface area (Å²) in [5, 5.41) is 9.10. The van der Waals surface area contributed by atoms with E-state index in [2.05, 4.69) is 26.0 Å². The number of aromatic nitrogens is 4. The van der Waals surface area contributed by atoms with Gasteiger partial charge < -0.3 is 9.40 Å². The lowest BCUT2D eigenvalue weighted by atomic mass is 10.1. The van der Waals surface area contributed by atoms with Gasteiger partial charge in [-0.15, -0.1) is 0 Å². The Balaban J connectivity index is 1.98. The van der Waals surface area contributed by atoms with Gasteiger partial charge in [0.2, 0.25) is 0 Å². The van der Waals surface area contributed by atoms with E-state index in [0.717, 1.165) is 16.8 Å². The van der Waals surface area contributed by atoms with Gasteiger partial charge in [-0.3, -0.25) is 0 Å². The Labute approximate surface area is 131 Å². The van der Waals surface area contributed by atoms with E-state index in [1.807, 2.05) is 31.2 Å². The topological polar surface area (TPSA) is 91.4 Å². The molecule has 3 aromatic heterocycles. The monoisotopic (exact) mass is 301 g/mol. The summed E-state index contributed by atoms with van der Waals surface area (Å²) >= 11 is 0. The summed E-state index contributed by atoms with van der Waals surface area (Å²) in [4.78, 5) is 16.3. The minimum absolute atomic E-state index is 0.468. The second kappa shape index (κ2) is 5.07. The molecule has 6 nitrogen and oxygen atoms in total. The van der Waals surface area contributed by atoms with Crippen molar-refractivity contribution in [1.29, 1.82) is 5.26 Å². The van der Waals surface area contributed by atoms with Crippen LogP contribution in [-0.4, -0.2) is 19.9 Å². The van der Waals surface area contributed by atoms with Crippen molar-refractivity contribution in [3.05, 3.63) is 54.0 Å². The maximum absolute atomic E-state index is 9.10. The predicted octanol–water partition coefficient (Wildman–Crippen LogP) is 3.46. The highest BCUT2D eigenvalue weighted by atomic mass is 16.3. The van der Waals surface area contributed by atoms with Gasteiger partial charge in [0.05, 0.1) is 18.0 Å². The summed E-state index contributed by atoms with van der Waals surface area (Å²) in [6.45, 7) is 1.87. The molecule has 0 saturated carbocycles. The highest BCUT2D eigenvalue weighted by molar-refractivity contribution is 5.88. The molecule has 0 aliphatic carbocycles. The van der Waals surface area contributed by atoms with E-state index in [1.54, 1.807) is 18.5 Å². The van der Waals surface area contributed by atoms with E-state index in [4.69, 9.17) is 9.68 Å². The largest absolute Gasteiger partial charge is 0.458 e. The summed E-state index contributed by atoms with van der Waals surface area (Å²) in [5.74, 6) is 1.85. The molecule has 23 heavy (non-hydrogen) atoms. The Kier molecular flexibility index (Phi) is 2.91. The molecule has 4 aromatic rings. The maximum Gasteiger partial charge on any atom is 0.198 e. The molecule has 0 unspecified atom stereocenters. The number of aryl methyl sites for hydroxylation is 1. The summed E-state index contributed by atoms with van der Waals surface area (Å²) < 4.78 is 5.62. The van der Waals surface area contributed by atoms with Crippen LogP contribution in [0.4, 0.5) is 0 Å². The average Bonchev–Trinajstić information content (AvgIpc) is 3.22. The van der Waals surface area contributed by atoms with Gasteiger partial charge in [-0.05, 0) is 31.2 Å². The van der Waals surface area contributed by atoms with Crippen LogP contribution in [0.15, 0.2) is 47.1 Å². The highest BCUT2D eigenvalue weighted by Gasteiger charge is 2.15. The second-order valence-corrected chi connectivity index (χ2v) is 5.10. The third-order valence-electron chi connectivity index (χ3n) is 3.51. The standard InChI is InChI=1S/C17H11N5O/c1-10-5-6-13(23-10)16-21-14(15-17(22-16)20-9-19-15)12-4-2-3-11(7-12)8-18/h2-7,9H,1H3,(H,19,20,21,22). The third-order valence-corrected chi connectivity index (χ3v) is 3.51. The minimum Gasteiger partial charge on any atom is -0.458 e. The SMILES string of the molecule is Cc1ccc(-c2nc(-c3cccc(C#N)c3)c3[nH]cnc3n2)o1. The smallest absolute Gasteiger partial charge is 0.198 e. The lowest BCUT2D eigenvalue weighted by molar-refractivity contribution is 0.544. The number of hydrogen-bond donors (Lipinski definition) is 1. The third kappa shape index (κ3) is 2.24. The van der Waals surface area contributed by atoms with Crippen molar-refractivity contribution >= 4 is 11.2 Å². The van der Waals surface area contributed by atoms with Gasteiger partial charge in [0, 0.05) is 5.56 Å². The molecule has 0 fully saturated rings. The van der Waals surface area contributed by atoms with Crippen molar-refractivity contribution in [2.45, 2.75) is 6.92 Å². The highest BCUT2D eigenvalue weighted by Crippen LogP contribution is 2.28. The van der Waals surface area contributed by atoms with E-state index < -0.39 is 0 Å². The minimum atomic E-state index is 0.468. The second-order valence-electron chi connectivity index (χ2n) is 5.10. The Hall–Kier alpha value is -3.46. The summed E-state index contributed by atoms with van der Waals surface area (Å²) in [7, 11) is 0. The van der Waals surface area contributed by atoms with Crippen molar-refractivity contribution in [2.75, 3.05) is 0 Å². The number of hydrogen-bond acceptors (Lipinski definition) is 5. The first-order chi connectivity index (χ1) is 11.2. The maximum atomic E-state index is 9.10. The van der Waals surface area contributed by atoms with Crippen LogP contribution in [0.3, 0.4) is 0 Å². The molecule has 0 radical (unpaired) electrons. The molecule has 1 aromatic carbocycles. The van der Waals surface area contributed by atoms with Crippen molar-refractivity contribution in [2.24, 2.45) is 0 Å². The van der Waals surface area contributed by atoms with Gasteiger partial charge in [-0.25, -0.2) is 15.0 Å². The van der Waals surface area contributed by atoms with Gasteiger partial charge in [0.25, 0.3) is 0 Å². The van der Waals surface area contributed by atoms with Crippen molar-refractivity contribution in [3.63, 3.8) is 0 Å². The molecule has 0 saturated heterocycles.